The molecule has 0 aromatic heterocycles. The first-order valence-electron chi connectivity index (χ1n) is 6.01. The van der Waals surface area contributed by atoms with Crippen LogP contribution in [0, 0.1) is 5.82 Å². The number of hydrogen-bond donors (Lipinski definition) is 1. The van der Waals surface area contributed by atoms with Crippen molar-refractivity contribution in [2.45, 2.75) is 31.8 Å². The van der Waals surface area contributed by atoms with Gasteiger partial charge in [-0.2, -0.15) is 0 Å². The summed E-state index contributed by atoms with van der Waals surface area (Å²) in [6.07, 6.45) is 7.65. The van der Waals surface area contributed by atoms with E-state index in [-0.39, 0.29) is 5.82 Å². The van der Waals surface area contributed by atoms with Crippen LogP contribution < -0.4 is 10.1 Å². The Labute approximate surface area is 101 Å². The molecule has 1 aromatic rings. The molecule has 2 rings (SSSR count). The van der Waals surface area contributed by atoms with Crippen molar-refractivity contribution in [3.63, 3.8) is 0 Å². The van der Waals surface area contributed by atoms with Crippen molar-refractivity contribution in [3.8, 4) is 5.75 Å². The third kappa shape index (κ3) is 3.07. The lowest BCUT2D eigenvalue weighted by Crippen LogP contribution is -2.29. The average molecular weight is 235 g/mol. The Hall–Kier alpha value is -1.35. The van der Waals surface area contributed by atoms with Crippen LogP contribution in [-0.4, -0.2) is 13.2 Å². The summed E-state index contributed by atoms with van der Waals surface area (Å²) in [5.41, 5.74) is 0.666. The zero-order valence-electron chi connectivity index (χ0n) is 10.1. The topological polar surface area (TPSA) is 21.3 Å². The summed E-state index contributed by atoms with van der Waals surface area (Å²) in [6, 6.07) is 5.72. The van der Waals surface area contributed by atoms with E-state index in [0.29, 0.717) is 23.9 Å². The molecule has 17 heavy (non-hydrogen) atoms. The van der Waals surface area contributed by atoms with Crippen LogP contribution in [0.4, 0.5) is 4.39 Å². The molecule has 0 aliphatic heterocycles. The Kier molecular flexibility index (Phi) is 4.15. The van der Waals surface area contributed by atoms with Crippen LogP contribution in [0.1, 0.15) is 24.8 Å². The monoisotopic (exact) mass is 235 g/mol. The molecule has 3 heteroatoms. The molecule has 1 aromatic carbocycles. The van der Waals surface area contributed by atoms with Crippen LogP contribution in [0.5, 0.6) is 5.75 Å². The van der Waals surface area contributed by atoms with Gasteiger partial charge in [-0.1, -0.05) is 24.3 Å². The van der Waals surface area contributed by atoms with Crippen molar-refractivity contribution in [3.05, 3.63) is 41.7 Å². The highest BCUT2D eigenvalue weighted by atomic mass is 19.1. The van der Waals surface area contributed by atoms with E-state index < -0.39 is 0 Å². The van der Waals surface area contributed by atoms with Crippen LogP contribution in [-0.2, 0) is 6.54 Å². The molecule has 0 fully saturated rings. The molecule has 0 spiro atoms. The van der Waals surface area contributed by atoms with Crippen molar-refractivity contribution in [1.29, 1.82) is 0 Å². The average Bonchev–Trinajstić information content (AvgIpc) is 2.39. The number of halogens is 1. The van der Waals surface area contributed by atoms with E-state index in [0.717, 1.165) is 19.3 Å². The van der Waals surface area contributed by atoms with Crippen molar-refractivity contribution in [2.75, 3.05) is 7.11 Å². The molecule has 1 unspecified atom stereocenters. The summed E-state index contributed by atoms with van der Waals surface area (Å²) in [6.45, 7) is 0.557. The zero-order chi connectivity index (χ0) is 12.1. The van der Waals surface area contributed by atoms with E-state index in [4.69, 9.17) is 4.74 Å². The van der Waals surface area contributed by atoms with E-state index in [9.17, 15) is 4.39 Å². The molecular formula is C14H18FNO. The molecule has 1 aliphatic rings. The summed E-state index contributed by atoms with van der Waals surface area (Å²) in [7, 11) is 1.49. The molecule has 0 saturated carbocycles. The minimum Gasteiger partial charge on any atom is -0.494 e. The molecule has 0 radical (unpaired) electrons. The van der Waals surface area contributed by atoms with Gasteiger partial charge in [0.25, 0.3) is 0 Å². The number of ether oxygens (including phenoxy) is 1. The lowest BCUT2D eigenvalue weighted by molar-refractivity contribution is 0.381. The van der Waals surface area contributed by atoms with E-state index in [1.54, 1.807) is 12.1 Å². The molecule has 0 heterocycles. The second-order valence-electron chi connectivity index (χ2n) is 4.30. The van der Waals surface area contributed by atoms with Gasteiger partial charge in [0.1, 0.15) is 0 Å². The Morgan fingerprint density at radius 3 is 3.00 bits per heavy atom. The van der Waals surface area contributed by atoms with Gasteiger partial charge in [-0.25, -0.2) is 4.39 Å². The fourth-order valence-corrected chi connectivity index (χ4v) is 2.08. The number of nitrogens with one attached hydrogen (secondary N) is 1. The van der Waals surface area contributed by atoms with Crippen molar-refractivity contribution < 1.29 is 9.13 Å². The lowest BCUT2D eigenvalue weighted by atomic mass is 10.0. The van der Waals surface area contributed by atoms with E-state index in [1.807, 2.05) is 6.07 Å². The normalized spacial score (nSPS) is 19.3. The number of rotatable bonds is 4. The van der Waals surface area contributed by atoms with Crippen LogP contribution >= 0.6 is 0 Å². The second-order valence-corrected chi connectivity index (χ2v) is 4.30. The van der Waals surface area contributed by atoms with Gasteiger partial charge >= 0.3 is 0 Å². The maximum atomic E-state index is 13.8. The van der Waals surface area contributed by atoms with E-state index in [2.05, 4.69) is 17.5 Å². The molecule has 1 aliphatic carbocycles. The SMILES string of the molecule is COc1cccc(CNC2CC=CCC2)c1F. The fraction of sp³-hybridized carbons (Fsp3) is 0.429. The van der Waals surface area contributed by atoms with Gasteiger partial charge in [-0.05, 0) is 25.3 Å². The van der Waals surface area contributed by atoms with Gasteiger partial charge in [-0.15, -0.1) is 0 Å². The molecule has 1 atom stereocenters. The third-order valence-corrected chi connectivity index (χ3v) is 3.11. The van der Waals surface area contributed by atoms with Gasteiger partial charge in [0, 0.05) is 18.2 Å². The van der Waals surface area contributed by atoms with Gasteiger partial charge < -0.3 is 10.1 Å². The lowest BCUT2D eigenvalue weighted by Gasteiger charge is -2.19. The summed E-state index contributed by atoms with van der Waals surface area (Å²) in [5, 5.41) is 3.38. The van der Waals surface area contributed by atoms with E-state index >= 15 is 0 Å². The van der Waals surface area contributed by atoms with Crippen LogP contribution in [0.3, 0.4) is 0 Å². The highest BCUT2D eigenvalue weighted by Gasteiger charge is 2.12. The van der Waals surface area contributed by atoms with E-state index in [1.165, 1.54) is 7.11 Å². The third-order valence-electron chi connectivity index (χ3n) is 3.11. The van der Waals surface area contributed by atoms with Crippen molar-refractivity contribution in [2.24, 2.45) is 0 Å². The first-order valence-corrected chi connectivity index (χ1v) is 6.01. The minimum absolute atomic E-state index is 0.256. The van der Waals surface area contributed by atoms with Gasteiger partial charge in [0.15, 0.2) is 11.6 Å². The first kappa shape index (κ1) is 12.1. The summed E-state index contributed by atoms with van der Waals surface area (Å²) >= 11 is 0. The van der Waals surface area contributed by atoms with Crippen molar-refractivity contribution >= 4 is 0 Å². The Morgan fingerprint density at radius 2 is 2.29 bits per heavy atom. The van der Waals surface area contributed by atoms with Crippen LogP contribution in [0.25, 0.3) is 0 Å². The van der Waals surface area contributed by atoms with Gasteiger partial charge in [0.2, 0.25) is 0 Å². The number of benzene rings is 1. The first-order chi connectivity index (χ1) is 8.31. The van der Waals surface area contributed by atoms with Crippen LogP contribution in [0.15, 0.2) is 30.4 Å². The number of hydrogen-bond acceptors (Lipinski definition) is 2. The maximum absolute atomic E-state index is 13.8. The summed E-state index contributed by atoms with van der Waals surface area (Å²) in [4.78, 5) is 0. The van der Waals surface area contributed by atoms with Crippen LogP contribution in [0.2, 0.25) is 0 Å². The fourth-order valence-electron chi connectivity index (χ4n) is 2.08. The molecule has 1 N–H and O–H groups in total. The molecule has 0 saturated heterocycles. The number of allylic oxidation sites excluding steroid dienone is 1. The largest absolute Gasteiger partial charge is 0.494 e. The zero-order valence-corrected chi connectivity index (χ0v) is 10.1. The van der Waals surface area contributed by atoms with Gasteiger partial charge in [-0.3, -0.25) is 0 Å². The molecular weight excluding hydrogens is 217 g/mol. The highest BCUT2D eigenvalue weighted by molar-refractivity contribution is 5.30. The smallest absolute Gasteiger partial charge is 0.169 e. The van der Waals surface area contributed by atoms with Gasteiger partial charge in [0.05, 0.1) is 7.11 Å². The molecule has 92 valence electrons. The predicted octanol–water partition coefficient (Wildman–Crippen LogP) is 3.03. The Balaban J connectivity index is 1.96. The van der Waals surface area contributed by atoms with Crippen molar-refractivity contribution in [1.82, 2.24) is 5.32 Å². The Morgan fingerprint density at radius 1 is 1.41 bits per heavy atom. The summed E-state index contributed by atoms with van der Waals surface area (Å²) < 4.78 is 18.8. The minimum atomic E-state index is -0.256. The maximum Gasteiger partial charge on any atom is 0.169 e. The predicted molar refractivity (Wildman–Crippen MR) is 66.6 cm³/mol. The molecule has 2 nitrogen and oxygen atoms in total. The second kappa shape index (κ2) is 5.82. The highest BCUT2D eigenvalue weighted by Crippen LogP contribution is 2.20. The Bertz CT molecular complexity index is 403. The number of methoxy groups -OCH3 is 1. The standard InChI is InChI=1S/C14H18FNO/c1-17-13-9-5-6-11(14(13)15)10-16-12-7-3-2-4-8-12/h2-3,5-6,9,12,16H,4,7-8,10H2,1H3. The summed E-state index contributed by atoms with van der Waals surface area (Å²) in [5.74, 6) is 0.0571. The molecule has 0 amide bonds. The quantitative estimate of drug-likeness (QED) is 0.810. The molecule has 0 bridgehead atoms.